The number of β-amino-alcohol motifs (C(OH)–C–C–N with tert-alkyl or cyclic N) is 1. The topological polar surface area (TPSA) is 35.5 Å². The van der Waals surface area contributed by atoms with E-state index >= 15 is 0 Å². The van der Waals surface area contributed by atoms with Crippen LogP contribution in [0, 0.1) is 6.92 Å². The number of benzene rings is 1. The van der Waals surface area contributed by atoms with Gasteiger partial charge in [-0.05, 0) is 31.5 Å². The average molecular weight is 255 g/mol. The van der Waals surface area contributed by atoms with Gasteiger partial charge in [0.25, 0.3) is 0 Å². The molecule has 1 saturated heterocycles. The SMILES string of the molecule is Cc1ccc(N2CCNCC(C)(O)C2)cc1Cl. The van der Waals surface area contributed by atoms with Crippen molar-refractivity contribution in [3.63, 3.8) is 0 Å². The van der Waals surface area contributed by atoms with E-state index in [1.165, 1.54) is 0 Å². The van der Waals surface area contributed by atoms with Crippen molar-refractivity contribution in [1.29, 1.82) is 0 Å². The van der Waals surface area contributed by atoms with E-state index in [2.05, 4.69) is 16.3 Å². The zero-order chi connectivity index (χ0) is 12.5. The molecule has 0 radical (unpaired) electrons. The monoisotopic (exact) mass is 254 g/mol. The van der Waals surface area contributed by atoms with Gasteiger partial charge in [-0.15, -0.1) is 0 Å². The lowest BCUT2D eigenvalue weighted by molar-refractivity contribution is 0.0729. The molecular weight excluding hydrogens is 236 g/mol. The normalized spacial score (nSPS) is 25.8. The summed E-state index contributed by atoms with van der Waals surface area (Å²) in [6, 6.07) is 6.05. The Morgan fingerprint density at radius 2 is 2.24 bits per heavy atom. The summed E-state index contributed by atoms with van der Waals surface area (Å²) < 4.78 is 0. The van der Waals surface area contributed by atoms with Crippen molar-refractivity contribution in [3.05, 3.63) is 28.8 Å². The third-order valence-electron chi connectivity index (χ3n) is 3.12. The molecule has 1 atom stereocenters. The standard InChI is InChI=1S/C13H19ClN2O/c1-10-3-4-11(7-12(10)14)16-6-5-15-8-13(2,17)9-16/h3-4,7,15,17H,5-6,8-9H2,1-2H3. The number of hydrogen-bond donors (Lipinski definition) is 2. The molecule has 0 aromatic heterocycles. The minimum atomic E-state index is -0.701. The summed E-state index contributed by atoms with van der Waals surface area (Å²) in [4.78, 5) is 2.17. The van der Waals surface area contributed by atoms with Gasteiger partial charge in [-0.3, -0.25) is 0 Å². The molecule has 0 saturated carbocycles. The van der Waals surface area contributed by atoms with E-state index in [4.69, 9.17) is 11.6 Å². The van der Waals surface area contributed by atoms with Gasteiger partial charge in [-0.1, -0.05) is 17.7 Å². The molecule has 1 aromatic carbocycles. The third kappa shape index (κ3) is 3.12. The predicted octanol–water partition coefficient (Wildman–Crippen LogP) is 1.81. The molecule has 1 fully saturated rings. The van der Waals surface area contributed by atoms with Crippen LogP contribution in [-0.2, 0) is 0 Å². The fourth-order valence-electron chi connectivity index (χ4n) is 2.12. The molecular formula is C13H19ClN2O. The smallest absolute Gasteiger partial charge is 0.0917 e. The number of anilines is 1. The summed E-state index contributed by atoms with van der Waals surface area (Å²) in [5.74, 6) is 0. The van der Waals surface area contributed by atoms with Gasteiger partial charge >= 0.3 is 0 Å². The first-order valence-corrected chi connectivity index (χ1v) is 6.30. The van der Waals surface area contributed by atoms with E-state index in [1.54, 1.807) is 0 Å². The molecule has 0 amide bonds. The molecule has 1 aliphatic heterocycles. The Hall–Kier alpha value is -0.770. The van der Waals surface area contributed by atoms with Crippen molar-refractivity contribution in [3.8, 4) is 0 Å². The number of aliphatic hydroxyl groups is 1. The molecule has 1 unspecified atom stereocenters. The van der Waals surface area contributed by atoms with Crippen molar-refractivity contribution in [1.82, 2.24) is 5.32 Å². The molecule has 0 aliphatic carbocycles. The summed E-state index contributed by atoms with van der Waals surface area (Å²) in [7, 11) is 0. The van der Waals surface area contributed by atoms with Crippen LogP contribution in [0.5, 0.6) is 0 Å². The molecule has 0 bridgehead atoms. The van der Waals surface area contributed by atoms with Crippen molar-refractivity contribution in [2.75, 3.05) is 31.1 Å². The van der Waals surface area contributed by atoms with Crippen LogP contribution in [0.1, 0.15) is 12.5 Å². The lowest BCUT2D eigenvalue weighted by Gasteiger charge is -2.29. The van der Waals surface area contributed by atoms with Crippen LogP contribution in [0.4, 0.5) is 5.69 Å². The molecule has 17 heavy (non-hydrogen) atoms. The van der Waals surface area contributed by atoms with E-state index in [9.17, 15) is 5.11 Å². The van der Waals surface area contributed by atoms with E-state index in [0.717, 1.165) is 29.4 Å². The van der Waals surface area contributed by atoms with Gasteiger partial charge in [0.1, 0.15) is 0 Å². The number of nitrogens with one attached hydrogen (secondary N) is 1. The second-order valence-electron chi connectivity index (χ2n) is 5.03. The fraction of sp³-hybridized carbons (Fsp3) is 0.538. The van der Waals surface area contributed by atoms with Crippen molar-refractivity contribution < 1.29 is 5.11 Å². The quantitative estimate of drug-likeness (QED) is 0.803. The maximum absolute atomic E-state index is 10.2. The summed E-state index contributed by atoms with van der Waals surface area (Å²) in [6.45, 7) is 6.86. The largest absolute Gasteiger partial charge is 0.387 e. The van der Waals surface area contributed by atoms with Gasteiger partial charge < -0.3 is 15.3 Å². The predicted molar refractivity (Wildman–Crippen MR) is 71.9 cm³/mol. The lowest BCUT2D eigenvalue weighted by atomic mass is 10.1. The maximum atomic E-state index is 10.2. The third-order valence-corrected chi connectivity index (χ3v) is 3.52. The van der Waals surface area contributed by atoms with E-state index in [1.807, 2.05) is 26.0 Å². The van der Waals surface area contributed by atoms with Crippen LogP contribution < -0.4 is 10.2 Å². The van der Waals surface area contributed by atoms with Crippen molar-refractivity contribution >= 4 is 17.3 Å². The number of hydrogen-bond acceptors (Lipinski definition) is 3. The summed E-state index contributed by atoms with van der Waals surface area (Å²) in [5, 5.41) is 14.2. The molecule has 3 nitrogen and oxygen atoms in total. The van der Waals surface area contributed by atoms with Gasteiger partial charge in [-0.25, -0.2) is 0 Å². The minimum absolute atomic E-state index is 0.624. The molecule has 1 aliphatic rings. The van der Waals surface area contributed by atoms with Gasteiger partial charge in [0.15, 0.2) is 0 Å². The number of rotatable bonds is 1. The Balaban J connectivity index is 2.22. The fourth-order valence-corrected chi connectivity index (χ4v) is 2.29. The Morgan fingerprint density at radius 1 is 1.47 bits per heavy atom. The number of aryl methyl sites for hydroxylation is 1. The highest BCUT2D eigenvalue weighted by Crippen LogP contribution is 2.24. The zero-order valence-corrected chi connectivity index (χ0v) is 11.1. The highest BCUT2D eigenvalue weighted by Gasteiger charge is 2.26. The van der Waals surface area contributed by atoms with Crippen LogP contribution in [-0.4, -0.2) is 36.9 Å². The van der Waals surface area contributed by atoms with E-state index < -0.39 is 5.60 Å². The van der Waals surface area contributed by atoms with E-state index in [0.29, 0.717) is 13.1 Å². The zero-order valence-electron chi connectivity index (χ0n) is 10.3. The van der Waals surface area contributed by atoms with Crippen molar-refractivity contribution in [2.45, 2.75) is 19.4 Å². The second kappa shape index (κ2) is 4.84. The van der Waals surface area contributed by atoms with Gasteiger partial charge in [0.2, 0.25) is 0 Å². The van der Waals surface area contributed by atoms with Crippen LogP contribution >= 0.6 is 11.6 Å². The first-order chi connectivity index (χ1) is 7.98. The Bertz CT molecular complexity index is 406. The Kier molecular flexibility index (Phi) is 3.61. The van der Waals surface area contributed by atoms with Crippen molar-refractivity contribution in [2.24, 2.45) is 0 Å². The maximum Gasteiger partial charge on any atom is 0.0917 e. The van der Waals surface area contributed by atoms with Crippen LogP contribution in [0.2, 0.25) is 5.02 Å². The van der Waals surface area contributed by atoms with Crippen LogP contribution in [0.25, 0.3) is 0 Å². The molecule has 2 N–H and O–H groups in total. The highest BCUT2D eigenvalue weighted by atomic mass is 35.5. The van der Waals surface area contributed by atoms with Gasteiger partial charge in [0, 0.05) is 36.9 Å². The molecule has 94 valence electrons. The average Bonchev–Trinajstić information content (AvgIpc) is 2.43. The van der Waals surface area contributed by atoms with E-state index in [-0.39, 0.29) is 0 Å². The first-order valence-electron chi connectivity index (χ1n) is 5.92. The molecule has 4 heteroatoms. The second-order valence-corrected chi connectivity index (χ2v) is 5.44. The molecule has 2 rings (SSSR count). The Labute approximate surface area is 107 Å². The minimum Gasteiger partial charge on any atom is -0.387 e. The lowest BCUT2D eigenvalue weighted by Crippen LogP contribution is -2.43. The Morgan fingerprint density at radius 3 is 2.94 bits per heavy atom. The van der Waals surface area contributed by atoms with Crippen LogP contribution in [0.3, 0.4) is 0 Å². The van der Waals surface area contributed by atoms with Gasteiger partial charge in [0.05, 0.1) is 5.60 Å². The molecule has 1 aromatic rings. The number of halogens is 1. The van der Waals surface area contributed by atoms with Crippen LogP contribution in [0.15, 0.2) is 18.2 Å². The van der Waals surface area contributed by atoms with Gasteiger partial charge in [-0.2, -0.15) is 0 Å². The molecule has 0 spiro atoms. The number of nitrogens with zero attached hydrogens (tertiary/aromatic N) is 1. The molecule has 1 heterocycles. The first kappa shape index (κ1) is 12.7. The summed E-state index contributed by atoms with van der Waals surface area (Å²) >= 11 is 6.14. The highest BCUT2D eigenvalue weighted by molar-refractivity contribution is 6.31. The summed E-state index contributed by atoms with van der Waals surface area (Å²) in [6.07, 6.45) is 0. The summed E-state index contributed by atoms with van der Waals surface area (Å²) in [5.41, 5.74) is 1.45.